The summed E-state index contributed by atoms with van der Waals surface area (Å²) in [5.74, 6) is 0.147. The molecule has 1 aliphatic rings. The van der Waals surface area contributed by atoms with Crippen LogP contribution in [0, 0.1) is 0 Å². The van der Waals surface area contributed by atoms with Crippen LogP contribution in [-0.2, 0) is 4.74 Å². The van der Waals surface area contributed by atoms with Crippen molar-refractivity contribution >= 4 is 30.8 Å². The number of halogens is 2. The summed E-state index contributed by atoms with van der Waals surface area (Å²) in [5, 5.41) is 3.09. The van der Waals surface area contributed by atoms with Crippen LogP contribution in [-0.4, -0.2) is 37.3 Å². The summed E-state index contributed by atoms with van der Waals surface area (Å²) in [5.41, 5.74) is 0.427. The van der Waals surface area contributed by atoms with Gasteiger partial charge in [-0.15, -0.1) is 24.8 Å². The molecule has 1 N–H and O–H groups in total. The second kappa shape index (κ2) is 7.32. The van der Waals surface area contributed by atoms with Crippen molar-refractivity contribution in [2.75, 3.05) is 20.2 Å². The van der Waals surface area contributed by atoms with E-state index in [1.54, 1.807) is 12.1 Å². The maximum Gasteiger partial charge on any atom is 0.339 e. The molecule has 1 fully saturated rings. The summed E-state index contributed by atoms with van der Waals surface area (Å²) in [7, 11) is 1.34. The van der Waals surface area contributed by atoms with Crippen molar-refractivity contribution < 1.29 is 14.3 Å². The molecule has 1 aliphatic heterocycles. The molecular weight excluding hydrogens is 267 g/mol. The van der Waals surface area contributed by atoms with E-state index in [9.17, 15) is 4.79 Å². The maximum atomic E-state index is 11.1. The molecule has 96 valence electrons. The fourth-order valence-corrected chi connectivity index (χ4v) is 1.20. The molecule has 0 saturated carbocycles. The van der Waals surface area contributed by atoms with E-state index in [4.69, 9.17) is 4.74 Å². The number of carbonyl (C=O) groups is 1. The van der Waals surface area contributed by atoms with Gasteiger partial charge in [0.2, 0.25) is 5.88 Å². The highest BCUT2D eigenvalue weighted by molar-refractivity contribution is 5.88. The third-order valence-electron chi connectivity index (χ3n) is 2.19. The average molecular weight is 281 g/mol. The molecule has 0 radical (unpaired) electrons. The standard InChI is InChI=1S/C10H12N2O3.2ClH/c1-14-10(13)7-2-3-9(12-4-7)15-8-5-11-6-8;;/h2-4,8,11H,5-6H2,1H3;2*1H. The summed E-state index contributed by atoms with van der Waals surface area (Å²) in [6, 6.07) is 3.31. The van der Waals surface area contributed by atoms with Crippen LogP contribution in [0.25, 0.3) is 0 Å². The lowest BCUT2D eigenvalue weighted by Crippen LogP contribution is -2.50. The molecule has 2 rings (SSSR count). The fraction of sp³-hybridized carbons (Fsp3) is 0.400. The van der Waals surface area contributed by atoms with Gasteiger partial charge in [0.15, 0.2) is 0 Å². The number of hydrogen-bond acceptors (Lipinski definition) is 5. The van der Waals surface area contributed by atoms with Gasteiger partial charge in [0, 0.05) is 25.4 Å². The molecule has 0 spiro atoms. The minimum Gasteiger partial charge on any atom is -0.472 e. The lowest BCUT2D eigenvalue weighted by atomic mass is 10.2. The summed E-state index contributed by atoms with van der Waals surface area (Å²) >= 11 is 0. The Labute approximate surface area is 112 Å². The average Bonchev–Trinajstić information content (AvgIpc) is 2.23. The monoisotopic (exact) mass is 280 g/mol. The van der Waals surface area contributed by atoms with Crippen LogP contribution < -0.4 is 10.1 Å². The van der Waals surface area contributed by atoms with E-state index < -0.39 is 0 Å². The third-order valence-corrected chi connectivity index (χ3v) is 2.19. The van der Waals surface area contributed by atoms with Gasteiger partial charge in [-0.1, -0.05) is 0 Å². The van der Waals surface area contributed by atoms with Gasteiger partial charge in [-0.05, 0) is 6.07 Å². The highest BCUT2D eigenvalue weighted by Crippen LogP contribution is 2.11. The zero-order valence-corrected chi connectivity index (χ0v) is 10.8. The molecular formula is C10H14Cl2N2O3. The number of carbonyl (C=O) groups excluding carboxylic acids is 1. The Bertz CT molecular complexity index is 355. The van der Waals surface area contributed by atoms with Gasteiger partial charge < -0.3 is 14.8 Å². The molecule has 7 heteroatoms. The highest BCUT2D eigenvalue weighted by Gasteiger charge is 2.18. The van der Waals surface area contributed by atoms with Crippen molar-refractivity contribution in [1.82, 2.24) is 10.3 Å². The van der Waals surface area contributed by atoms with Crippen molar-refractivity contribution in [3.8, 4) is 5.88 Å². The Morgan fingerprint density at radius 2 is 2.12 bits per heavy atom. The van der Waals surface area contributed by atoms with Crippen molar-refractivity contribution in [1.29, 1.82) is 0 Å². The number of methoxy groups -OCH3 is 1. The molecule has 1 aromatic heterocycles. The maximum absolute atomic E-state index is 11.1. The van der Waals surface area contributed by atoms with Crippen LogP contribution in [0.3, 0.4) is 0 Å². The molecule has 0 amide bonds. The highest BCUT2D eigenvalue weighted by atomic mass is 35.5. The first kappa shape index (κ1) is 16.0. The van der Waals surface area contributed by atoms with Gasteiger partial charge >= 0.3 is 5.97 Å². The predicted molar refractivity (Wildman–Crippen MR) is 67.4 cm³/mol. The largest absolute Gasteiger partial charge is 0.472 e. The number of rotatable bonds is 3. The first-order valence-corrected chi connectivity index (χ1v) is 4.71. The Balaban J connectivity index is 0.00000128. The molecule has 1 aromatic rings. The van der Waals surface area contributed by atoms with E-state index in [0.717, 1.165) is 13.1 Å². The van der Waals surface area contributed by atoms with Gasteiger partial charge in [-0.25, -0.2) is 9.78 Å². The molecule has 2 heterocycles. The second-order valence-electron chi connectivity index (χ2n) is 3.27. The Morgan fingerprint density at radius 3 is 2.53 bits per heavy atom. The Hall–Kier alpha value is -1.04. The predicted octanol–water partition coefficient (Wildman–Crippen LogP) is 1.06. The second-order valence-corrected chi connectivity index (χ2v) is 3.27. The van der Waals surface area contributed by atoms with Crippen molar-refractivity contribution in [3.63, 3.8) is 0 Å². The summed E-state index contributed by atoms with van der Waals surface area (Å²) < 4.78 is 10.1. The van der Waals surface area contributed by atoms with Gasteiger partial charge in [0.05, 0.1) is 12.7 Å². The van der Waals surface area contributed by atoms with E-state index in [1.807, 2.05) is 0 Å². The van der Waals surface area contributed by atoms with Crippen LogP contribution in [0.1, 0.15) is 10.4 Å². The minimum absolute atomic E-state index is 0. The van der Waals surface area contributed by atoms with Crippen LogP contribution >= 0.6 is 24.8 Å². The first-order valence-electron chi connectivity index (χ1n) is 4.71. The summed E-state index contributed by atoms with van der Waals surface area (Å²) in [6.07, 6.45) is 1.65. The molecule has 0 aromatic carbocycles. The molecule has 0 bridgehead atoms. The van der Waals surface area contributed by atoms with Gasteiger partial charge in [0.1, 0.15) is 6.10 Å². The van der Waals surface area contributed by atoms with Crippen molar-refractivity contribution in [2.24, 2.45) is 0 Å². The topological polar surface area (TPSA) is 60.5 Å². The molecule has 17 heavy (non-hydrogen) atoms. The van der Waals surface area contributed by atoms with E-state index in [-0.39, 0.29) is 36.9 Å². The normalized spacial score (nSPS) is 13.7. The Morgan fingerprint density at radius 1 is 1.41 bits per heavy atom. The van der Waals surface area contributed by atoms with Crippen LogP contribution in [0.4, 0.5) is 0 Å². The molecule has 0 atom stereocenters. The van der Waals surface area contributed by atoms with Crippen LogP contribution in [0.15, 0.2) is 18.3 Å². The number of pyridine rings is 1. The molecule has 1 saturated heterocycles. The molecule has 5 nitrogen and oxygen atoms in total. The van der Waals surface area contributed by atoms with E-state index in [2.05, 4.69) is 15.0 Å². The van der Waals surface area contributed by atoms with Crippen LogP contribution in [0.5, 0.6) is 5.88 Å². The first-order chi connectivity index (χ1) is 7.29. The summed E-state index contributed by atoms with van der Waals surface area (Å²) in [6.45, 7) is 1.70. The van der Waals surface area contributed by atoms with Gasteiger partial charge in [0.25, 0.3) is 0 Å². The quantitative estimate of drug-likeness (QED) is 0.839. The fourth-order valence-electron chi connectivity index (χ4n) is 1.20. The number of nitrogens with zero attached hydrogens (tertiary/aromatic N) is 1. The van der Waals surface area contributed by atoms with Gasteiger partial charge in [-0.2, -0.15) is 0 Å². The SMILES string of the molecule is COC(=O)c1ccc(OC2CNC2)nc1.Cl.Cl. The van der Waals surface area contributed by atoms with Gasteiger partial charge in [-0.3, -0.25) is 0 Å². The summed E-state index contributed by atoms with van der Waals surface area (Å²) in [4.78, 5) is 15.1. The third kappa shape index (κ3) is 4.03. The number of hydrogen-bond donors (Lipinski definition) is 1. The van der Waals surface area contributed by atoms with Crippen molar-refractivity contribution in [3.05, 3.63) is 23.9 Å². The molecule has 0 unspecified atom stereocenters. The number of nitrogens with one attached hydrogen (secondary N) is 1. The zero-order valence-electron chi connectivity index (χ0n) is 9.21. The van der Waals surface area contributed by atoms with E-state index in [0.29, 0.717) is 11.4 Å². The number of esters is 1. The lowest BCUT2D eigenvalue weighted by molar-refractivity contribution is 0.0600. The minimum atomic E-state index is -0.389. The number of ether oxygens (including phenoxy) is 2. The van der Waals surface area contributed by atoms with Crippen molar-refractivity contribution in [2.45, 2.75) is 6.10 Å². The Kier molecular flexibility index (Phi) is 6.87. The van der Waals surface area contributed by atoms with E-state index in [1.165, 1.54) is 13.3 Å². The smallest absolute Gasteiger partial charge is 0.339 e. The molecule has 0 aliphatic carbocycles. The number of aromatic nitrogens is 1. The van der Waals surface area contributed by atoms with Crippen LogP contribution in [0.2, 0.25) is 0 Å². The van der Waals surface area contributed by atoms with E-state index >= 15 is 0 Å². The lowest BCUT2D eigenvalue weighted by Gasteiger charge is -2.27. The zero-order chi connectivity index (χ0) is 10.7.